The number of aromatic nitrogens is 2. The van der Waals surface area contributed by atoms with Crippen LogP contribution in [0.1, 0.15) is 0 Å². The van der Waals surface area contributed by atoms with E-state index < -0.39 is 10.0 Å². The highest BCUT2D eigenvalue weighted by atomic mass is 32.2. The normalized spacial score (nSPS) is 11.6. The first kappa shape index (κ1) is 16.3. The Bertz CT molecular complexity index is 1170. The van der Waals surface area contributed by atoms with E-state index in [0.29, 0.717) is 16.8 Å². The fourth-order valence-electron chi connectivity index (χ4n) is 2.72. The van der Waals surface area contributed by atoms with Crippen molar-refractivity contribution in [3.05, 3.63) is 84.7 Å². The van der Waals surface area contributed by atoms with E-state index in [1.807, 2.05) is 12.1 Å². The van der Waals surface area contributed by atoms with E-state index in [1.54, 1.807) is 42.5 Å². The van der Waals surface area contributed by atoms with Gasteiger partial charge in [-0.1, -0.05) is 36.4 Å². The van der Waals surface area contributed by atoms with E-state index >= 15 is 0 Å². The fraction of sp³-hybridized carbons (Fsp3) is 0. The fourth-order valence-corrected chi connectivity index (χ4v) is 3.71. The largest absolute Gasteiger partial charge is 0.276 e. The predicted octanol–water partition coefficient (Wildman–Crippen LogP) is 3.77. The van der Waals surface area contributed by atoms with Crippen LogP contribution in [0.25, 0.3) is 22.2 Å². The number of nitrogens with one attached hydrogen (secondary N) is 1. The Kier molecular flexibility index (Phi) is 3.93. The lowest BCUT2D eigenvalue weighted by Crippen LogP contribution is -2.24. The average molecular weight is 367 g/mol. The van der Waals surface area contributed by atoms with Crippen molar-refractivity contribution < 1.29 is 12.8 Å². The second-order valence-corrected chi connectivity index (χ2v) is 7.35. The minimum Gasteiger partial charge on any atom is -0.207 e. The minimum absolute atomic E-state index is 0.142. The van der Waals surface area contributed by atoms with Gasteiger partial charge in [0.05, 0.1) is 10.4 Å². The maximum atomic E-state index is 13.2. The summed E-state index contributed by atoms with van der Waals surface area (Å²) in [6.45, 7) is 0. The molecule has 0 atom stereocenters. The predicted molar refractivity (Wildman–Crippen MR) is 98.1 cm³/mol. The molecule has 0 spiro atoms. The van der Waals surface area contributed by atoms with Gasteiger partial charge in [-0.2, -0.15) is 23.1 Å². The molecule has 0 amide bonds. The highest BCUT2D eigenvalue weighted by molar-refractivity contribution is 7.92. The monoisotopic (exact) mass is 367 g/mol. The Morgan fingerprint density at radius 1 is 0.846 bits per heavy atom. The van der Waals surface area contributed by atoms with Crippen molar-refractivity contribution in [2.75, 3.05) is 4.83 Å². The van der Waals surface area contributed by atoms with Gasteiger partial charge in [-0.25, -0.2) is 4.39 Å². The maximum absolute atomic E-state index is 13.2. The van der Waals surface area contributed by atoms with E-state index in [0.717, 1.165) is 5.39 Å². The third-order valence-corrected chi connectivity index (χ3v) is 5.27. The second kappa shape index (κ2) is 6.27. The summed E-state index contributed by atoms with van der Waals surface area (Å²) >= 11 is 0. The lowest BCUT2D eigenvalue weighted by Gasteiger charge is -2.08. The van der Waals surface area contributed by atoms with Crippen LogP contribution in [0.3, 0.4) is 0 Å². The number of rotatable bonds is 4. The lowest BCUT2D eigenvalue weighted by atomic mass is 10.1. The van der Waals surface area contributed by atoms with Crippen molar-refractivity contribution in [1.82, 2.24) is 9.89 Å². The molecule has 26 heavy (non-hydrogen) atoms. The van der Waals surface area contributed by atoms with Gasteiger partial charge in [0.2, 0.25) is 0 Å². The molecule has 0 unspecified atom stereocenters. The van der Waals surface area contributed by atoms with Gasteiger partial charge >= 0.3 is 0 Å². The first-order valence-corrected chi connectivity index (χ1v) is 9.34. The number of fused-ring (bicyclic) bond motifs is 1. The average Bonchev–Trinajstić information content (AvgIpc) is 3.01. The molecule has 0 aliphatic rings. The number of nitrogens with zero attached hydrogens (tertiary/aromatic N) is 2. The SMILES string of the molecule is O=S(=O)(Nn1nc(-c2ccc(F)cc2)c2ccccc21)c1ccccc1. The Labute approximate surface area is 149 Å². The molecule has 0 saturated carbocycles. The minimum atomic E-state index is -3.79. The van der Waals surface area contributed by atoms with Gasteiger partial charge in [0, 0.05) is 10.9 Å². The molecule has 3 aromatic carbocycles. The number of halogens is 1. The molecule has 0 aliphatic heterocycles. The molecule has 4 rings (SSSR count). The Morgan fingerprint density at radius 3 is 2.23 bits per heavy atom. The number of hydrogen-bond acceptors (Lipinski definition) is 3. The smallest absolute Gasteiger partial charge is 0.207 e. The van der Waals surface area contributed by atoms with Gasteiger partial charge < -0.3 is 0 Å². The van der Waals surface area contributed by atoms with Gasteiger partial charge in [0.1, 0.15) is 11.5 Å². The topological polar surface area (TPSA) is 64.0 Å². The van der Waals surface area contributed by atoms with Crippen molar-refractivity contribution in [2.45, 2.75) is 4.90 Å². The van der Waals surface area contributed by atoms with E-state index in [2.05, 4.69) is 9.93 Å². The molecule has 7 heteroatoms. The third-order valence-electron chi connectivity index (χ3n) is 3.97. The van der Waals surface area contributed by atoms with Crippen LogP contribution in [0.15, 0.2) is 83.8 Å². The van der Waals surface area contributed by atoms with Crippen LogP contribution in [0.5, 0.6) is 0 Å². The van der Waals surface area contributed by atoms with Crippen LogP contribution >= 0.6 is 0 Å². The Hall–Kier alpha value is -3.19. The molecule has 0 fully saturated rings. The molecule has 1 N–H and O–H groups in total. The molecule has 5 nitrogen and oxygen atoms in total. The standard InChI is InChI=1S/C19H14FN3O2S/c20-15-12-10-14(11-13-15)19-17-8-4-5-9-18(17)23(21-19)22-26(24,25)16-6-2-1-3-7-16/h1-13,22H. The summed E-state index contributed by atoms with van der Waals surface area (Å²) in [6, 6.07) is 21.2. The van der Waals surface area contributed by atoms with E-state index in [9.17, 15) is 12.8 Å². The highest BCUT2D eigenvalue weighted by Gasteiger charge is 2.18. The Balaban J connectivity index is 1.83. The van der Waals surface area contributed by atoms with Gasteiger partial charge in [-0.15, -0.1) is 0 Å². The maximum Gasteiger partial charge on any atom is 0.276 e. The first-order chi connectivity index (χ1) is 12.5. The van der Waals surface area contributed by atoms with Crippen molar-refractivity contribution in [3.63, 3.8) is 0 Å². The van der Waals surface area contributed by atoms with Crippen LogP contribution in [0.2, 0.25) is 0 Å². The number of sulfonamides is 1. The van der Waals surface area contributed by atoms with E-state index in [4.69, 9.17) is 0 Å². The summed E-state index contributed by atoms with van der Waals surface area (Å²) in [7, 11) is -3.79. The van der Waals surface area contributed by atoms with E-state index in [1.165, 1.54) is 29.1 Å². The van der Waals surface area contributed by atoms with Crippen LogP contribution in [0.4, 0.5) is 4.39 Å². The summed E-state index contributed by atoms with van der Waals surface area (Å²) in [5.74, 6) is -0.345. The summed E-state index contributed by atoms with van der Waals surface area (Å²) in [5.41, 5.74) is 1.86. The van der Waals surface area contributed by atoms with Gasteiger partial charge in [0.15, 0.2) is 0 Å². The molecule has 0 saturated heterocycles. The third kappa shape index (κ3) is 2.93. The summed E-state index contributed by atoms with van der Waals surface area (Å²) in [5, 5.41) is 5.16. The zero-order valence-corrected chi connectivity index (χ0v) is 14.3. The van der Waals surface area contributed by atoms with Crippen LogP contribution in [-0.2, 0) is 10.0 Å². The van der Waals surface area contributed by atoms with Crippen molar-refractivity contribution in [3.8, 4) is 11.3 Å². The van der Waals surface area contributed by atoms with Crippen molar-refractivity contribution in [2.24, 2.45) is 0 Å². The molecule has 4 aromatic rings. The van der Waals surface area contributed by atoms with Gasteiger partial charge in [0.25, 0.3) is 10.0 Å². The molecule has 0 radical (unpaired) electrons. The zero-order valence-electron chi connectivity index (χ0n) is 13.5. The summed E-state index contributed by atoms with van der Waals surface area (Å²) in [6.07, 6.45) is 0. The van der Waals surface area contributed by atoms with E-state index in [-0.39, 0.29) is 10.7 Å². The molecule has 1 aromatic heterocycles. The van der Waals surface area contributed by atoms with Gasteiger partial charge in [-0.3, -0.25) is 0 Å². The summed E-state index contributed by atoms with van der Waals surface area (Å²) in [4.78, 5) is 3.86. The molecule has 130 valence electrons. The summed E-state index contributed by atoms with van der Waals surface area (Å²) < 4.78 is 38.4. The first-order valence-electron chi connectivity index (χ1n) is 7.86. The van der Waals surface area contributed by atoms with Crippen molar-refractivity contribution >= 4 is 20.9 Å². The van der Waals surface area contributed by atoms with Crippen LogP contribution in [-0.4, -0.2) is 18.3 Å². The van der Waals surface area contributed by atoms with Crippen molar-refractivity contribution in [1.29, 1.82) is 0 Å². The number of para-hydroxylation sites is 1. The number of benzene rings is 3. The highest BCUT2D eigenvalue weighted by Crippen LogP contribution is 2.28. The van der Waals surface area contributed by atoms with Gasteiger partial charge in [-0.05, 0) is 42.5 Å². The number of hydrogen-bond donors (Lipinski definition) is 1. The molecular weight excluding hydrogens is 353 g/mol. The second-order valence-electron chi connectivity index (χ2n) is 5.69. The molecule has 1 heterocycles. The molecule has 0 aliphatic carbocycles. The molecule has 0 bridgehead atoms. The lowest BCUT2D eigenvalue weighted by molar-refractivity contribution is 0.593. The quantitative estimate of drug-likeness (QED) is 0.597. The zero-order chi connectivity index (χ0) is 18.1. The molecular formula is C19H14FN3O2S. The van der Waals surface area contributed by atoms with Crippen LogP contribution in [0, 0.1) is 5.82 Å². The van der Waals surface area contributed by atoms with Crippen LogP contribution < -0.4 is 4.83 Å². The Morgan fingerprint density at radius 2 is 1.50 bits per heavy atom.